The molecule has 2 amide bonds. The fourth-order valence-corrected chi connectivity index (χ4v) is 4.32. The second-order valence-electron chi connectivity index (χ2n) is 9.64. The molecule has 12 heteroatoms. The SMILES string of the molecule is CC/C=C/c1cnc(C(=O)N[C@H]2CCN(c3ccc4ncc(C(=O)NCC(F)F)n4n3)C2)cc1C.Fc1ccccc1. The lowest BCUT2D eigenvalue weighted by Gasteiger charge is -2.18. The average molecular weight is 580 g/mol. The molecule has 1 fully saturated rings. The molecule has 42 heavy (non-hydrogen) atoms. The number of allylic oxidation sites excluding steroid dienone is 1. The van der Waals surface area contributed by atoms with Gasteiger partial charge >= 0.3 is 0 Å². The maximum absolute atomic E-state index is 12.8. The zero-order valence-electron chi connectivity index (χ0n) is 23.3. The van der Waals surface area contributed by atoms with E-state index >= 15 is 0 Å². The van der Waals surface area contributed by atoms with Crippen LogP contribution in [0.4, 0.5) is 19.0 Å². The van der Waals surface area contributed by atoms with Crippen molar-refractivity contribution in [1.82, 2.24) is 30.2 Å². The van der Waals surface area contributed by atoms with Gasteiger partial charge in [-0.05, 0) is 61.2 Å². The number of anilines is 1. The maximum Gasteiger partial charge on any atom is 0.271 e. The minimum absolute atomic E-state index is 0.0743. The molecule has 0 aliphatic carbocycles. The molecular formula is C30H32F3N7O2. The summed E-state index contributed by atoms with van der Waals surface area (Å²) in [4.78, 5) is 35.4. The number of nitrogens with one attached hydrogen (secondary N) is 2. The molecule has 1 atom stereocenters. The van der Waals surface area contributed by atoms with E-state index < -0.39 is 18.9 Å². The number of amides is 2. The van der Waals surface area contributed by atoms with E-state index in [4.69, 9.17) is 0 Å². The Morgan fingerprint density at radius 2 is 1.88 bits per heavy atom. The number of carbonyl (C=O) groups is 2. The second-order valence-corrected chi connectivity index (χ2v) is 9.64. The minimum Gasteiger partial charge on any atom is -0.353 e. The number of alkyl halides is 2. The number of fused-ring (bicyclic) bond motifs is 1. The van der Waals surface area contributed by atoms with Gasteiger partial charge in [-0.2, -0.15) is 0 Å². The van der Waals surface area contributed by atoms with Crippen LogP contribution in [0.1, 0.15) is 51.9 Å². The Labute approximate surface area is 241 Å². The Morgan fingerprint density at radius 1 is 1.10 bits per heavy atom. The Hall–Kier alpha value is -4.74. The van der Waals surface area contributed by atoms with Crippen molar-refractivity contribution in [3.63, 3.8) is 0 Å². The summed E-state index contributed by atoms with van der Waals surface area (Å²) in [6.45, 7) is 4.44. The highest BCUT2D eigenvalue weighted by atomic mass is 19.3. The van der Waals surface area contributed by atoms with Crippen LogP contribution >= 0.6 is 0 Å². The molecule has 0 spiro atoms. The number of pyridine rings is 1. The van der Waals surface area contributed by atoms with E-state index in [1.54, 1.807) is 42.6 Å². The smallest absolute Gasteiger partial charge is 0.271 e. The maximum atomic E-state index is 12.8. The van der Waals surface area contributed by atoms with Crippen molar-refractivity contribution >= 4 is 29.4 Å². The molecule has 0 bridgehead atoms. The van der Waals surface area contributed by atoms with Gasteiger partial charge in [0.2, 0.25) is 0 Å². The van der Waals surface area contributed by atoms with Crippen LogP contribution in [0.2, 0.25) is 0 Å². The number of benzene rings is 1. The van der Waals surface area contributed by atoms with E-state index in [2.05, 4.69) is 32.6 Å². The molecule has 1 aromatic carbocycles. The standard InChI is InChI=1S/C24H27F2N7O2.C6H5F/c1-3-4-5-16-11-27-18(10-15(16)2)23(34)30-17-8-9-32(14-17)22-7-6-21-28-12-19(33(21)31-22)24(35)29-13-20(25)26;7-6-4-2-1-3-5-6/h4-7,10-12,17,20H,3,8-9,13-14H2,1-2H3,(H,29,35)(H,30,34);1-5H/b5-4+;/t17-;/m0./s1. The van der Waals surface area contributed by atoms with Gasteiger partial charge in [0, 0.05) is 25.3 Å². The number of nitrogens with zero attached hydrogens (tertiary/aromatic N) is 5. The first-order chi connectivity index (χ1) is 20.2. The van der Waals surface area contributed by atoms with Gasteiger partial charge < -0.3 is 15.5 Å². The quantitative estimate of drug-likeness (QED) is 0.314. The summed E-state index contributed by atoms with van der Waals surface area (Å²) in [6, 6.07) is 13.1. The Bertz CT molecular complexity index is 1540. The summed E-state index contributed by atoms with van der Waals surface area (Å²) in [5, 5.41) is 9.68. The third-order valence-corrected chi connectivity index (χ3v) is 6.50. The van der Waals surface area contributed by atoms with Crippen molar-refractivity contribution < 1.29 is 22.8 Å². The minimum atomic E-state index is -2.65. The molecule has 1 saturated heterocycles. The van der Waals surface area contributed by atoms with E-state index in [1.165, 1.54) is 22.8 Å². The molecule has 9 nitrogen and oxygen atoms in total. The van der Waals surface area contributed by atoms with Gasteiger partial charge in [0.25, 0.3) is 18.2 Å². The van der Waals surface area contributed by atoms with Crippen LogP contribution in [-0.4, -0.2) is 63.5 Å². The molecule has 220 valence electrons. The lowest BCUT2D eigenvalue weighted by Crippen LogP contribution is -2.37. The molecule has 0 saturated carbocycles. The number of rotatable bonds is 8. The van der Waals surface area contributed by atoms with Crippen molar-refractivity contribution in [3.8, 4) is 0 Å². The predicted octanol–water partition coefficient (Wildman–Crippen LogP) is 4.69. The van der Waals surface area contributed by atoms with Crippen molar-refractivity contribution in [2.24, 2.45) is 0 Å². The van der Waals surface area contributed by atoms with Crippen molar-refractivity contribution in [2.45, 2.75) is 39.2 Å². The molecular weight excluding hydrogens is 547 g/mol. The van der Waals surface area contributed by atoms with Gasteiger partial charge in [0.05, 0.1) is 12.7 Å². The van der Waals surface area contributed by atoms with E-state index in [0.717, 1.165) is 17.5 Å². The second kappa shape index (κ2) is 14.2. The fraction of sp³-hybridized carbons (Fsp3) is 0.300. The molecule has 1 aliphatic rings. The molecule has 2 N–H and O–H groups in total. The van der Waals surface area contributed by atoms with Crippen LogP contribution in [0, 0.1) is 12.7 Å². The first kappa shape index (κ1) is 30.2. The van der Waals surface area contributed by atoms with Gasteiger partial charge in [-0.15, -0.1) is 5.10 Å². The predicted molar refractivity (Wildman–Crippen MR) is 154 cm³/mol. The number of aromatic nitrogens is 4. The van der Waals surface area contributed by atoms with Crippen molar-refractivity contribution in [3.05, 3.63) is 95.3 Å². The summed E-state index contributed by atoms with van der Waals surface area (Å²) in [7, 11) is 0. The van der Waals surface area contributed by atoms with Crippen LogP contribution in [0.3, 0.4) is 0 Å². The zero-order valence-corrected chi connectivity index (χ0v) is 23.3. The molecule has 1 aliphatic heterocycles. The number of carbonyl (C=O) groups excluding carboxylic acids is 2. The number of aryl methyl sites for hydroxylation is 1. The lowest BCUT2D eigenvalue weighted by molar-refractivity contribution is 0.0884. The van der Waals surface area contributed by atoms with Crippen LogP contribution in [0.25, 0.3) is 11.7 Å². The third kappa shape index (κ3) is 7.93. The normalized spacial score (nSPS) is 14.7. The van der Waals surface area contributed by atoms with Gasteiger partial charge in [-0.3, -0.25) is 14.6 Å². The molecule has 3 aromatic heterocycles. The molecule has 0 unspecified atom stereocenters. The van der Waals surface area contributed by atoms with Crippen molar-refractivity contribution in [1.29, 1.82) is 0 Å². The first-order valence-corrected chi connectivity index (χ1v) is 13.6. The number of halogens is 3. The van der Waals surface area contributed by atoms with Crippen molar-refractivity contribution in [2.75, 3.05) is 24.5 Å². The van der Waals surface area contributed by atoms with Crippen LogP contribution < -0.4 is 15.5 Å². The number of hydrogen-bond acceptors (Lipinski definition) is 6. The van der Waals surface area contributed by atoms with E-state index in [-0.39, 0.29) is 23.5 Å². The molecule has 0 radical (unpaired) electrons. The highest BCUT2D eigenvalue weighted by Crippen LogP contribution is 2.20. The van der Waals surface area contributed by atoms with Gasteiger partial charge in [-0.1, -0.05) is 37.3 Å². The van der Waals surface area contributed by atoms with Crippen LogP contribution in [-0.2, 0) is 0 Å². The highest BCUT2D eigenvalue weighted by molar-refractivity contribution is 5.93. The topological polar surface area (TPSA) is 105 Å². The average Bonchev–Trinajstić information content (AvgIpc) is 3.63. The Kier molecular flexibility index (Phi) is 10.2. The number of hydrogen-bond donors (Lipinski definition) is 2. The summed E-state index contributed by atoms with van der Waals surface area (Å²) >= 11 is 0. The van der Waals surface area contributed by atoms with E-state index in [1.807, 2.05) is 24.0 Å². The monoisotopic (exact) mass is 579 g/mol. The van der Waals surface area contributed by atoms with Gasteiger partial charge in [0.1, 0.15) is 17.3 Å². The van der Waals surface area contributed by atoms with E-state index in [0.29, 0.717) is 36.7 Å². The first-order valence-electron chi connectivity index (χ1n) is 13.6. The Morgan fingerprint density at radius 3 is 2.55 bits per heavy atom. The summed E-state index contributed by atoms with van der Waals surface area (Å²) in [6.07, 6.45) is 6.05. The van der Waals surface area contributed by atoms with Gasteiger partial charge in [-0.25, -0.2) is 22.7 Å². The highest BCUT2D eigenvalue weighted by Gasteiger charge is 2.26. The van der Waals surface area contributed by atoms with Crippen LogP contribution in [0.15, 0.2) is 67.0 Å². The summed E-state index contributed by atoms with van der Waals surface area (Å²) in [5.41, 5.74) is 2.84. The van der Waals surface area contributed by atoms with E-state index in [9.17, 15) is 22.8 Å². The fourth-order valence-electron chi connectivity index (χ4n) is 4.32. The molecule has 4 aromatic rings. The summed E-state index contributed by atoms with van der Waals surface area (Å²) in [5.74, 6) is -0.492. The molecule has 4 heterocycles. The zero-order chi connectivity index (χ0) is 30.1. The molecule has 5 rings (SSSR count). The third-order valence-electron chi connectivity index (χ3n) is 6.50. The largest absolute Gasteiger partial charge is 0.353 e. The van der Waals surface area contributed by atoms with Crippen LogP contribution in [0.5, 0.6) is 0 Å². The lowest BCUT2D eigenvalue weighted by atomic mass is 10.1. The number of imidazole rings is 1. The Balaban J connectivity index is 0.000000507. The summed E-state index contributed by atoms with van der Waals surface area (Å²) < 4.78 is 38.1. The van der Waals surface area contributed by atoms with Gasteiger partial charge in [0.15, 0.2) is 11.3 Å².